The van der Waals surface area contributed by atoms with Gasteiger partial charge >= 0.3 is 12.1 Å². The summed E-state index contributed by atoms with van der Waals surface area (Å²) in [4.78, 5) is 11.9. The fraction of sp³-hybridized carbons (Fsp3) is 0.267. The highest BCUT2D eigenvalue weighted by Gasteiger charge is 2.31. The van der Waals surface area contributed by atoms with Gasteiger partial charge in [-0.2, -0.15) is 13.2 Å². The van der Waals surface area contributed by atoms with Crippen molar-refractivity contribution in [2.75, 3.05) is 13.7 Å². The third kappa shape index (κ3) is 3.24. The normalized spacial score (nSPS) is 11.5. The van der Waals surface area contributed by atoms with E-state index < -0.39 is 24.5 Å². The van der Waals surface area contributed by atoms with E-state index in [0.29, 0.717) is 11.1 Å². The van der Waals surface area contributed by atoms with E-state index >= 15 is 0 Å². The minimum atomic E-state index is -4.64. The number of carbonyl (C=O) groups excluding carboxylic acids is 1. The molecule has 4 nitrogen and oxygen atoms in total. The smallest absolute Gasteiger partial charge is 0.422 e. The van der Waals surface area contributed by atoms with Crippen LogP contribution in [0.25, 0.3) is 10.8 Å². The van der Waals surface area contributed by atoms with E-state index in [1.807, 2.05) is 0 Å². The number of hydrogen-bond donors (Lipinski definition) is 1. The van der Waals surface area contributed by atoms with Crippen molar-refractivity contribution in [2.45, 2.75) is 13.1 Å². The Bertz CT molecular complexity index is 723. The Morgan fingerprint density at radius 1 is 1.23 bits per heavy atom. The van der Waals surface area contributed by atoms with E-state index in [1.165, 1.54) is 19.2 Å². The molecule has 2 rings (SSSR count). The minimum Gasteiger partial charge on any atom is -0.507 e. The number of hydrogen-bond acceptors (Lipinski definition) is 4. The zero-order valence-electron chi connectivity index (χ0n) is 11.8. The molecule has 0 spiro atoms. The molecule has 0 aromatic heterocycles. The molecule has 7 heteroatoms. The maximum atomic E-state index is 12.2. The van der Waals surface area contributed by atoms with Crippen LogP contribution >= 0.6 is 0 Å². The molecule has 0 amide bonds. The van der Waals surface area contributed by atoms with Crippen molar-refractivity contribution in [3.8, 4) is 11.5 Å². The maximum Gasteiger partial charge on any atom is 0.422 e. The van der Waals surface area contributed by atoms with E-state index in [1.54, 1.807) is 19.1 Å². The first-order valence-electron chi connectivity index (χ1n) is 6.27. The van der Waals surface area contributed by atoms with Crippen LogP contribution in [0.1, 0.15) is 15.9 Å². The summed E-state index contributed by atoms with van der Waals surface area (Å²) >= 11 is 0. The number of esters is 1. The summed E-state index contributed by atoms with van der Waals surface area (Å²) in [5.74, 6) is -1.28. The number of halogens is 3. The van der Waals surface area contributed by atoms with Gasteiger partial charge in [0.05, 0.1) is 7.11 Å². The fourth-order valence-electron chi connectivity index (χ4n) is 2.13. The van der Waals surface area contributed by atoms with Gasteiger partial charge < -0.3 is 14.6 Å². The lowest BCUT2D eigenvalue weighted by atomic mass is 9.99. The molecule has 2 aromatic rings. The molecule has 118 valence electrons. The number of ether oxygens (including phenoxy) is 2. The van der Waals surface area contributed by atoms with Crippen LogP contribution < -0.4 is 4.74 Å². The largest absolute Gasteiger partial charge is 0.507 e. The molecule has 0 aliphatic heterocycles. The Balaban J connectivity index is 2.54. The standard InChI is InChI=1S/C15H13F3O4/c1-8-5-9(21-2)6-11-10(8)3-4-12(19)13(11)14(20)22-7-15(16,17)18/h3-6,19H,7H2,1-2H3. The average Bonchev–Trinajstić information content (AvgIpc) is 2.43. The van der Waals surface area contributed by atoms with Crippen LogP contribution in [0.3, 0.4) is 0 Å². The van der Waals surface area contributed by atoms with Gasteiger partial charge in [-0.25, -0.2) is 4.79 Å². The van der Waals surface area contributed by atoms with Crippen LogP contribution in [0, 0.1) is 6.92 Å². The molecule has 0 aliphatic carbocycles. The van der Waals surface area contributed by atoms with E-state index in [9.17, 15) is 23.1 Å². The Morgan fingerprint density at radius 3 is 2.50 bits per heavy atom. The number of benzene rings is 2. The van der Waals surface area contributed by atoms with Gasteiger partial charge in [-0.1, -0.05) is 6.07 Å². The molecule has 1 N–H and O–H groups in total. The minimum absolute atomic E-state index is 0.268. The molecule has 22 heavy (non-hydrogen) atoms. The van der Waals surface area contributed by atoms with Crippen LogP contribution in [0.5, 0.6) is 11.5 Å². The first kappa shape index (κ1) is 15.9. The van der Waals surface area contributed by atoms with Gasteiger partial charge in [0.25, 0.3) is 0 Å². The molecule has 0 saturated carbocycles. The molecule has 0 bridgehead atoms. The number of methoxy groups -OCH3 is 1. The Morgan fingerprint density at radius 2 is 1.91 bits per heavy atom. The summed E-state index contributed by atoms with van der Waals surface area (Å²) in [7, 11) is 1.42. The van der Waals surface area contributed by atoms with E-state index in [0.717, 1.165) is 5.56 Å². The first-order chi connectivity index (χ1) is 10.2. The highest BCUT2D eigenvalue weighted by Crippen LogP contribution is 2.33. The fourth-order valence-corrected chi connectivity index (χ4v) is 2.13. The third-order valence-electron chi connectivity index (χ3n) is 3.10. The summed E-state index contributed by atoms with van der Waals surface area (Å²) in [6.07, 6.45) is -4.64. The second-order valence-corrected chi connectivity index (χ2v) is 4.69. The maximum absolute atomic E-state index is 12.2. The zero-order valence-corrected chi connectivity index (χ0v) is 11.8. The summed E-state index contributed by atoms with van der Waals surface area (Å²) in [5.41, 5.74) is 0.433. The van der Waals surface area contributed by atoms with E-state index in [2.05, 4.69) is 4.74 Å². The van der Waals surface area contributed by atoms with Gasteiger partial charge in [-0.3, -0.25) is 0 Å². The lowest BCUT2D eigenvalue weighted by Crippen LogP contribution is -2.20. The number of rotatable bonds is 3. The van der Waals surface area contributed by atoms with Crippen molar-refractivity contribution in [3.63, 3.8) is 0 Å². The lowest BCUT2D eigenvalue weighted by Gasteiger charge is -2.13. The SMILES string of the molecule is COc1cc(C)c2ccc(O)c(C(=O)OCC(F)(F)F)c2c1. The number of carbonyl (C=O) groups is 1. The molecule has 0 saturated heterocycles. The number of alkyl halides is 3. The van der Waals surface area contributed by atoms with E-state index in [-0.39, 0.29) is 10.9 Å². The summed E-state index contributed by atoms with van der Waals surface area (Å²) in [6.45, 7) is 0.0390. The summed E-state index contributed by atoms with van der Waals surface area (Å²) in [5, 5.41) is 10.7. The number of aryl methyl sites for hydroxylation is 1. The Labute approximate surface area is 124 Å². The predicted molar refractivity (Wildman–Crippen MR) is 73.2 cm³/mol. The average molecular weight is 314 g/mol. The van der Waals surface area contributed by atoms with Crippen LogP contribution in [0.2, 0.25) is 0 Å². The number of phenolic OH excluding ortho intramolecular Hbond substituents is 1. The van der Waals surface area contributed by atoms with Crippen LogP contribution in [-0.2, 0) is 4.74 Å². The van der Waals surface area contributed by atoms with Crippen LogP contribution in [-0.4, -0.2) is 31.0 Å². The highest BCUT2D eigenvalue weighted by molar-refractivity contribution is 6.08. The van der Waals surface area contributed by atoms with Gasteiger partial charge in [0.2, 0.25) is 0 Å². The molecular formula is C15H13F3O4. The molecular weight excluding hydrogens is 301 g/mol. The van der Waals surface area contributed by atoms with Gasteiger partial charge in [-0.05, 0) is 36.1 Å². The van der Waals surface area contributed by atoms with Crippen LogP contribution in [0.4, 0.5) is 13.2 Å². The van der Waals surface area contributed by atoms with Gasteiger partial charge in [0, 0.05) is 5.39 Å². The van der Waals surface area contributed by atoms with Crippen molar-refractivity contribution < 1.29 is 32.5 Å². The number of phenols is 1. The van der Waals surface area contributed by atoms with Crippen molar-refractivity contribution in [3.05, 3.63) is 35.4 Å². The number of fused-ring (bicyclic) bond motifs is 1. The second kappa shape index (κ2) is 5.75. The molecule has 0 heterocycles. The molecule has 0 aliphatic rings. The summed E-state index contributed by atoms with van der Waals surface area (Å²) < 4.78 is 45.8. The van der Waals surface area contributed by atoms with Crippen molar-refractivity contribution >= 4 is 16.7 Å². The van der Waals surface area contributed by atoms with Gasteiger partial charge in [-0.15, -0.1) is 0 Å². The van der Waals surface area contributed by atoms with E-state index in [4.69, 9.17) is 4.74 Å². The highest BCUT2D eigenvalue weighted by atomic mass is 19.4. The van der Waals surface area contributed by atoms with Crippen molar-refractivity contribution in [1.29, 1.82) is 0 Å². The molecule has 2 aromatic carbocycles. The second-order valence-electron chi connectivity index (χ2n) is 4.69. The zero-order chi connectivity index (χ0) is 16.5. The first-order valence-corrected chi connectivity index (χ1v) is 6.27. The number of aromatic hydroxyl groups is 1. The lowest BCUT2D eigenvalue weighted by molar-refractivity contribution is -0.161. The van der Waals surface area contributed by atoms with Gasteiger partial charge in [0.1, 0.15) is 17.1 Å². The monoisotopic (exact) mass is 314 g/mol. The molecule has 0 radical (unpaired) electrons. The van der Waals surface area contributed by atoms with Gasteiger partial charge in [0.15, 0.2) is 6.61 Å². The molecule has 0 atom stereocenters. The van der Waals surface area contributed by atoms with Crippen LogP contribution in [0.15, 0.2) is 24.3 Å². The Kier molecular flexibility index (Phi) is 4.16. The topological polar surface area (TPSA) is 55.8 Å². The Hall–Kier alpha value is -2.44. The van der Waals surface area contributed by atoms with Crippen molar-refractivity contribution in [1.82, 2.24) is 0 Å². The molecule has 0 fully saturated rings. The predicted octanol–water partition coefficient (Wildman–Crippen LogP) is 3.58. The summed E-state index contributed by atoms with van der Waals surface area (Å²) in [6, 6.07) is 5.99. The van der Waals surface area contributed by atoms with Crippen molar-refractivity contribution in [2.24, 2.45) is 0 Å². The quantitative estimate of drug-likeness (QED) is 0.880. The third-order valence-corrected chi connectivity index (χ3v) is 3.10. The molecule has 0 unspecified atom stereocenters.